The van der Waals surface area contributed by atoms with Crippen LogP contribution in [0, 0.1) is 29.1 Å². The number of ether oxygens (including phenoxy) is 4. The van der Waals surface area contributed by atoms with Gasteiger partial charge in [-0.05, 0) is 146 Å². The van der Waals surface area contributed by atoms with Crippen molar-refractivity contribution >= 4 is 18.1 Å². The standard InChI is InChI=1S/C45H75NO7/c1-3-4-5-6-7-8-9-10-11-12-13-14-15-16-17-18-22-42(47)51-34-40(36-53-44(49)50-27-24-41-21-20-26-46(41)2)35-52-43(48)23-19-25-45-31-37-28-38(32-45)30-39(29-37)33-45/h7-8,10-11,37-41H,3-6,9,12-36H2,1-2H3/b8-7-,11-10-. The maximum Gasteiger partial charge on any atom is 0.508 e. The fraction of sp³-hybridized carbons (Fsp3) is 0.844. The molecule has 4 aliphatic carbocycles. The molecule has 0 aromatic carbocycles. The zero-order valence-corrected chi connectivity index (χ0v) is 33.7. The number of unbranched alkanes of at least 4 members (excludes halogenated alkanes) is 9. The highest BCUT2D eigenvalue weighted by Gasteiger charge is 2.50. The minimum absolute atomic E-state index is 0.0268. The van der Waals surface area contributed by atoms with Crippen LogP contribution < -0.4 is 0 Å². The largest absolute Gasteiger partial charge is 0.508 e. The van der Waals surface area contributed by atoms with Gasteiger partial charge in [-0.2, -0.15) is 0 Å². The van der Waals surface area contributed by atoms with Crippen molar-refractivity contribution in [2.45, 2.75) is 173 Å². The van der Waals surface area contributed by atoms with Crippen molar-refractivity contribution in [2.75, 3.05) is 40.0 Å². The third kappa shape index (κ3) is 17.3. The van der Waals surface area contributed by atoms with Gasteiger partial charge in [0.25, 0.3) is 0 Å². The molecular weight excluding hydrogens is 666 g/mol. The van der Waals surface area contributed by atoms with E-state index in [-0.39, 0.29) is 31.8 Å². The third-order valence-electron chi connectivity index (χ3n) is 12.6. The van der Waals surface area contributed by atoms with Gasteiger partial charge in [-0.25, -0.2) is 4.79 Å². The topological polar surface area (TPSA) is 91.4 Å². The molecule has 0 N–H and O–H groups in total. The lowest BCUT2D eigenvalue weighted by molar-refractivity contribution is -0.150. The molecular formula is C45H75NO7. The van der Waals surface area contributed by atoms with Crippen LogP contribution in [-0.2, 0) is 28.5 Å². The van der Waals surface area contributed by atoms with E-state index in [0.717, 1.165) is 82.1 Å². The fourth-order valence-electron chi connectivity index (χ4n) is 10.0. The van der Waals surface area contributed by atoms with Gasteiger partial charge in [-0.1, -0.05) is 69.8 Å². The molecule has 302 valence electrons. The molecule has 1 heterocycles. The highest BCUT2D eigenvalue weighted by Crippen LogP contribution is 2.61. The molecule has 1 saturated heterocycles. The summed E-state index contributed by atoms with van der Waals surface area (Å²) in [5.41, 5.74) is 0.454. The molecule has 1 aliphatic heterocycles. The van der Waals surface area contributed by atoms with E-state index in [4.69, 9.17) is 18.9 Å². The molecule has 53 heavy (non-hydrogen) atoms. The van der Waals surface area contributed by atoms with E-state index in [9.17, 15) is 14.4 Å². The molecule has 2 atom stereocenters. The van der Waals surface area contributed by atoms with Crippen molar-refractivity contribution in [3.8, 4) is 0 Å². The van der Waals surface area contributed by atoms with Gasteiger partial charge in [0.2, 0.25) is 0 Å². The number of allylic oxidation sites excluding steroid dienone is 4. The summed E-state index contributed by atoms with van der Waals surface area (Å²) >= 11 is 0. The van der Waals surface area contributed by atoms with E-state index in [2.05, 4.69) is 43.2 Å². The molecule has 4 saturated carbocycles. The van der Waals surface area contributed by atoms with Crippen LogP contribution in [0.25, 0.3) is 0 Å². The van der Waals surface area contributed by atoms with Crippen LogP contribution >= 0.6 is 0 Å². The normalized spacial score (nSPS) is 25.7. The molecule has 4 bridgehead atoms. The summed E-state index contributed by atoms with van der Waals surface area (Å²) in [5, 5.41) is 0. The summed E-state index contributed by atoms with van der Waals surface area (Å²) in [6.45, 7) is 3.69. The smallest absolute Gasteiger partial charge is 0.465 e. The molecule has 0 aromatic rings. The van der Waals surface area contributed by atoms with Gasteiger partial charge in [0, 0.05) is 18.9 Å². The fourth-order valence-corrected chi connectivity index (χ4v) is 10.0. The first-order valence-corrected chi connectivity index (χ1v) is 21.9. The quantitative estimate of drug-likeness (QED) is 0.0339. The van der Waals surface area contributed by atoms with E-state index < -0.39 is 12.1 Å². The molecule has 2 unspecified atom stereocenters. The Morgan fingerprint density at radius 1 is 0.698 bits per heavy atom. The molecule has 0 aromatic heterocycles. The SMILES string of the molecule is CCCCC/C=C\C/C=C\CCCCCCCCC(=O)OCC(COC(=O)CCCC12CC3CC(CC(C3)C1)C2)COC(=O)OCCC1CCCN1C. The van der Waals surface area contributed by atoms with Gasteiger partial charge in [-0.15, -0.1) is 0 Å². The van der Waals surface area contributed by atoms with Crippen molar-refractivity contribution in [3.63, 3.8) is 0 Å². The van der Waals surface area contributed by atoms with Crippen LogP contribution in [0.5, 0.6) is 0 Å². The summed E-state index contributed by atoms with van der Waals surface area (Å²) in [4.78, 5) is 40.1. The van der Waals surface area contributed by atoms with Gasteiger partial charge in [-0.3, -0.25) is 9.59 Å². The third-order valence-corrected chi connectivity index (χ3v) is 12.6. The Labute approximate surface area is 322 Å². The van der Waals surface area contributed by atoms with Crippen molar-refractivity contribution < 1.29 is 33.3 Å². The number of hydrogen-bond donors (Lipinski definition) is 0. The number of rotatable bonds is 28. The Bertz CT molecular complexity index is 1080. The average molecular weight is 742 g/mol. The minimum atomic E-state index is -0.731. The summed E-state index contributed by atoms with van der Waals surface area (Å²) in [6.07, 6.45) is 36.3. The summed E-state index contributed by atoms with van der Waals surface area (Å²) in [6, 6.07) is 0.433. The van der Waals surface area contributed by atoms with Gasteiger partial charge >= 0.3 is 18.1 Å². The molecule has 8 nitrogen and oxygen atoms in total. The van der Waals surface area contributed by atoms with E-state index in [1.54, 1.807) is 0 Å². The molecule has 5 rings (SSSR count). The lowest BCUT2D eigenvalue weighted by Gasteiger charge is -2.57. The first kappa shape index (κ1) is 43.4. The molecule has 5 aliphatic rings. The minimum Gasteiger partial charge on any atom is -0.465 e. The van der Waals surface area contributed by atoms with Crippen molar-refractivity contribution in [1.82, 2.24) is 4.90 Å². The number of likely N-dealkylation sites (tertiary alicyclic amines) is 1. The second kappa shape index (κ2) is 24.9. The van der Waals surface area contributed by atoms with Crippen LogP contribution in [0.1, 0.15) is 167 Å². The molecule has 5 fully saturated rings. The van der Waals surface area contributed by atoms with Crippen LogP contribution in [0.4, 0.5) is 4.79 Å². The maximum absolute atomic E-state index is 12.8. The van der Waals surface area contributed by atoms with Crippen molar-refractivity contribution in [2.24, 2.45) is 29.1 Å². The number of hydrogen-bond acceptors (Lipinski definition) is 8. The highest BCUT2D eigenvalue weighted by atomic mass is 16.7. The first-order valence-electron chi connectivity index (χ1n) is 21.9. The number of nitrogens with zero attached hydrogens (tertiary/aromatic N) is 1. The number of esters is 2. The predicted octanol–water partition coefficient (Wildman–Crippen LogP) is 10.9. The highest BCUT2D eigenvalue weighted by molar-refractivity contribution is 5.69. The summed E-state index contributed by atoms with van der Waals surface area (Å²) in [7, 11) is 2.10. The zero-order chi connectivity index (χ0) is 37.6. The second-order valence-corrected chi connectivity index (χ2v) is 17.3. The first-order chi connectivity index (χ1) is 25.8. The molecule has 0 amide bonds. The van der Waals surface area contributed by atoms with Crippen molar-refractivity contribution in [3.05, 3.63) is 24.3 Å². The van der Waals surface area contributed by atoms with Crippen LogP contribution in [0.15, 0.2) is 24.3 Å². The lowest BCUT2D eigenvalue weighted by atomic mass is 9.48. The number of carbonyl (C=O) groups is 3. The average Bonchev–Trinajstić information content (AvgIpc) is 3.54. The maximum atomic E-state index is 12.8. The van der Waals surface area contributed by atoms with Gasteiger partial charge in [0.05, 0.1) is 12.5 Å². The van der Waals surface area contributed by atoms with Crippen molar-refractivity contribution in [1.29, 1.82) is 0 Å². The lowest BCUT2D eigenvalue weighted by Crippen LogP contribution is -2.45. The van der Waals surface area contributed by atoms with E-state index >= 15 is 0 Å². The number of carbonyl (C=O) groups excluding carboxylic acids is 3. The van der Waals surface area contributed by atoms with Crippen LogP contribution in [0.2, 0.25) is 0 Å². The van der Waals surface area contributed by atoms with E-state index in [1.807, 2.05) is 0 Å². The Morgan fingerprint density at radius 2 is 1.26 bits per heavy atom. The summed E-state index contributed by atoms with van der Waals surface area (Å²) in [5.74, 6) is 1.81. The Kier molecular flexibility index (Phi) is 20.4. The Hall–Kier alpha value is -2.35. The monoisotopic (exact) mass is 742 g/mol. The van der Waals surface area contributed by atoms with Gasteiger partial charge in [0.15, 0.2) is 0 Å². The van der Waals surface area contributed by atoms with Crippen LogP contribution in [-0.4, -0.2) is 69.1 Å². The van der Waals surface area contributed by atoms with E-state index in [1.165, 1.54) is 89.9 Å². The molecule has 0 spiro atoms. The second-order valence-electron chi connectivity index (χ2n) is 17.3. The summed E-state index contributed by atoms with van der Waals surface area (Å²) < 4.78 is 22.0. The molecule has 0 radical (unpaired) electrons. The van der Waals surface area contributed by atoms with Crippen LogP contribution in [0.3, 0.4) is 0 Å². The Balaban J connectivity index is 1.07. The Morgan fingerprint density at radius 3 is 1.87 bits per heavy atom. The molecule has 8 heteroatoms. The van der Waals surface area contributed by atoms with Gasteiger partial charge in [0.1, 0.15) is 19.8 Å². The zero-order valence-electron chi connectivity index (χ0n) is 33.7. The predicted molar refractivity (Wildman–Crippen MR) is 211 cm³/mol. The van der Waals surface area contributed by atoms with E-state index in [0.29, 0.717) is 30.9 Å². The van der Waals surface area contributed by atoms with Gasteiger partial charge < -0.3 is 23.8 Å².